The summed E-state index contributed by atoms with van der Waals surface area (Å²) >= 11 is 0. The van der Waals surface area contributed by atoms with Gasteiger partial charge in [-0.1, -0.05) is 13.8 Å². The molecule has 1 aromatic heterocycles. The maximum absolute atomic E-state index is 4.49. The fourth-order valence-corrected chi connectivity index (χ4v) is 2.56. The standard InChI is InChI=1S/C14H26N4/c1-11(2)15-8-9-18(3)10-14-12-6-4-5-7-13(12)16-17-14/h11,15H,4-10H2,1-3H3,(H,16,17). The van der Waals surface area contributed by atoms with Gasteiger partial charge in [-0.25, -0.2) is 0 Å². The number of nitrogens with one attached hydrogen (secondary N) is 2. The van der Waals surface area contributed by atoms with E-state index in [-0.39, 0.29) is 0 Å². The molecule has 18 heavy (non-hydrogen) atoms. The summed E-state index contributed by atoms with van der Waals surface area (Å²) in [6.45, 7) is 7.44. The van der Waals surface area contributed by atoms with Crippen LogP contribution in [-0.2, 0) is 19.4 Å². The molecule has 0 saturated heterocycles. The van der Waals surface area contributed by atoms with Gasteiger partial charge >= 0.3 is 0 Å². The maximum atomic E-state index is 4.49. The van der Waals surface area contributed by atoms with Crippen molar-refractivity contribution in [1.29, 1.82) is 0 Å². The third kappa shape index (κ3) is 3.56. The van der Waals surface area contributed by atoms with Gasteiger partial charge in [-0.2, -0.15) is 5.10 Å². The summed E-state index contributed by atoms with van der Waals surface area (Å²) in [5.41, 5.74) is 4.13. The molecule has 0 saturated carbocycles. The third-order valence-electron chi connectivity index (χ3n) is 3.61. The minimum absolute atomic E-state index is 0.566. The van der Waals surface area contributed by atoms with E-state index in [2.05, 4.69) is 41.3 Å². The SMILES string of the molecule is CC(C)NCCN(C)Cc1n[nH]c2c1CCCC2. The molecule has 0 unspecified atom stereocenters. The number of hydrogen-bond acceptors (Lipinski definition) is 3. The number of nitrogens with zero attached hydrogens (tertiary/aromatic N) is 2. The smallest absolute Gasteiger partial charge is 0.0796 e. The Morgan fingerprint density at radius 1 is 1.33 bits per heavy atom. The van der Waals surface area contributed by atoms with E-state index in [0.29, 0.717) is 6.04 Å². The van der Waals surface area contributed by atoms with Crippen LogP contribution in [0.1, 0.15) is 43.6 Å². The number of fused-ring (bicyclic) bond motifs is 1. The van der Waals surface area contributed by atoms with Crippen molar-refractivity contribution in [3.63, 3.8) is 0 Å². The quantitative estimate of drug-likeness (QED) is 0.808. The zero-order valence-corrected chi connectivity index (χ0v) is 11.9. The summed E-state index contributed by atoms with van der Waals surface area (Å²) in [5.74, 6) is 0. The molecule has 0 atom stereocenters. The zero-order valence-electron chi connectivity index (χ0n) is 11.9. The van der Waals surface area contributed by atoms with Gasteiger partial charge in [0.05, 0.1) is 5.69 Å². The first-order valence-electron chi connectivity index (χ1n) is 7.13. The van der Waals surface area contributed by atoms with Gasteiger partial charge in [-0.05, 0) is 38.3 Å². The fraction of sp³-hybridized carbons (Fsp3) is 0.786. The first-order valence-corrected chi connectivity index (χ1v) is 7.13. The molecule has 0 spiro atoms. The molecule has 0 aliphatic heterocycles. The number of aryl methyl sites for hydroxylation is 1. The lowest BCUT2D eigenvalue weighted by atomic mass is 9.96. The summed E-state index contributed by atoms with van der Waals surface area (Å²) in [7, 11) is 2.17. The Morgan fingerprint density at radius 2 is 2.11 bits per heavy atom. The van der Waals surface area contributed by atoms with Crippen LogP contribution in [0.5, 0.6) is 0 Å². The summed E-state index contributed by atoms with van der Waals surface area (Å²) in [4.78, 5) is 2.35. The van der Waals surface area contributed by atoms with Gasteiger partial charge in [0.25, 0.3) is 0 Å². The number of likely N-dealkylation sites (N-methyl/N-ethyl adjacent to an activating group) is 1. The summed E-state index contributed by atoms with van der Waals surface area (Å²) in [6.07, 6.45) is 5.02. The Hall–Kier alpha value is -0.870. The highest BCUT2D eigenvalue weighted by Crippen LogP contribution is 2.22. The first kappa shape index (κ1) is 13.6. The zero-order chi connectivity index (χ0) is 13.0. The predicted octanol–water partition coefficient (Wildman–Crippen LogP) is 1.72. The molecular weight excluding hydrogens is 224 g/mol. The normalized spacial score (nSPS) is 15.4. The lowest BCUT2D eigenvalue weighted by molar-refractivity contribution is 0.315. The van der Waals surface area contributed by atoms with Crippen LogP contribution in [-0.4, -0.2) is 41.3 Å². The highest BCUT2D eigenvalue weighted by atomic mass is 15.2. The highest BCUT2D eigenvalue weighted by Gasteiger charge is 2.17. The molecule has 1 aliphatic carbocycles. The van der Waals surface area contributed by atoms with Crippen LogP contribution >= 0.6 is 0 Å². The maximum Gasteiger partial charge on any atom is 0.0796 e. The summed E-state index contributed by atoms with van der Waals surface area (Å²) in [5, 5.41) is 11.2. The van der Waals surface area contributed by atoms with E-state index in [4.69, 9.17) is 0 Å². The second kappa shape index (κ2) is 6.34. The van der Waals surface area contributed by atoms with Crippen molar-refractivity contribution in [3.05, 3.63) is 17.0 Å². The average Bonchev–Trinajstić information content (AvgIpc) is 2.72. The Kier molecular flexibility index (Phi) is 4.78. The molecule has 0 aromatic carbocycles. The van der Waals surface area contributed by atoms with E-state index in [1.165, 1.54) is 42.6 Å². The van der Waals surface area contributed by atoms with Crippen LogP contribution in [0.15, 0.2) is 0 Å². The average molecular weight is 250 g/mol. The van der Waals surface area contributed by atoms with Crippen molar-refractivity contribution in [2.45, 2.75) is 52.1 Å². The Bertz CT molecular complexity index is 370. The van der Waals surface area contributed by atoms with Crippen molar-refractivity contribution >= 4 is 0 Å². The van der Waals surface area contributed by atoms with Gasteiger partial charge in [0.1, 0.15) is 0 Å². The Balaban J connectivity index is 1.83. The molecule has 102 valence electrons. The molecule has 0 bridgehead atoms. The topological polar surface area (TPSA) is 44.0 Å². The monoisotopic (exact) mass is 250 g/mol. The van der Waals surface area contributed by atoms with Crippen LogP contribution in [0.4, 0.5) is 0 Å². The van der Waals surface area contributed by atoms with Crippen LogP contribution in [0.3, 0.4) is 0 Å². The number of rotatable bonds is 6. The van der Waals surface area contributed by atoms with E-state index in [0.717, 1.165) is 19.6 Å². The molecule has 1 aromatic rings. The minimum Gasteiger partial charge on any atom is -0.313 e. The van der Waals surface area contributed by atoms with Gasteiger partial charge in [0, 0.05) is 31.4 Å². The minimum atomic E-state index is 0.566. The fourth-order valence-electron chi connectivity index (χ4n) is 2.56. The van der Waals surface area contributed by atoms with E-state index < -0.39 is 0 Å². The van der Waals surface area contributed by atoms with Crippen LogP contribution in [0.25, 0.3) is 0 Å². The van der Waals surface area contributed by atoms with Crippen molar-refractivity contribution in [2.24, 2.45) is 0 Å². The van der Waals surface area contributed by atoms with Gasteiger partial charge in [0.2, 0.25) is 0 Å². The molecule has 0 fully saturated rings. The predicted molar refractivity (Wildman–Crippen MR) is 74.7 cm³/mol. The molecule has 4 heteroatoms. The molecule has 0 radical (unpaired) electrons. The molecule has 0 amide bonds. The van der Waals surface area contributed by atoms with Crippen molar-refractivity contribution < 1.29 is 0 Å². The van der Waals surface area contributed by atoms with Crippen LogP contribution in [0, 0.1) is 0 Å². The lowest BCUT2D eigenvalue weighted by Gasteiger charge is -2.18. The van der Waals surface area contributed by atoms with Gasteiger partial charge in [0.15, 0.2) is 0 Å². The van der Waals surface area contributed by atoms with E-state index in [1.807, 2.05) is 0 Å². The molecule has 1 heterocycles. The number of hydrogen-bond donors (Lipinski definition) is 2. The van der Waals surface area contributed by atoms with E-state index in [1.54, 1.807) is 0 Å². The molecule has 4 nitrogen and oxygen atoms in total. The van der Waals surface area contributed by atoms with E-state index >= 15 is 0 Å². The number of H-pyrrole nitrogens is 1. The number of aromatic nitrogens is 2. The van der Waals surface area contributed by atoms with Crippen molar-refractivity contribution in [3.8, 4) is 0 Å². The van der Waals surface area contributed by atoms with E-state index in [9.17, 15) is 0 Å². The largest absolute Gasteiger partial charge is 0.313 e. The summed E-state index contributed by atoms with van der Waals surface area (Å²) in [6, 6.07) is 0.566. The van der Waals surface area contributed by atoms with Gasteiger partial charge < -0.3 is 5.32 Å². The Morgan fingerprint density at radius 3 is 2.89 bits per heavy atom. The van der Waals surface area contributed by atoms with Crippen LogP contribution in [0.2, 0.25) is 0 Å². The molecule has 2 N–H and O–H groups in total. The lowest BCUT2D eigenvalue weighted by Crippen LogP contribution is -2.32. The van der Waals surface area contributed by atoms with Gasteiger partial charge in [-0.3, -0.25) is 10.00 Å². The van der Waals surface area contributed by atoms with Crippen LogP contribution < -0.4 is 5.32 Å². The first-order chi connectivity index (χ1) is 8.66. The molecule has 1 aliphatic rings. The summed E-state index contributed by atoms with van der Waals surface area (Å²) < 4.78 is 0. The highest BCUT2D eigenvalue weighted by molar-refractivity contribution is 5.27. The van der Waals surface area contributed by atoms with Crippen molar-refractivity contribution in [2.75, 3.05) is 20.1 Å². The van der Waals surface area contributed by atoms with Gasteiger partial charge in [-0.15, -0.1) is 0 Å². The molecule has 2 rings (SSSR count). The second-order valence-electron chi connectivity index (χ2n) is 5.68. The Labute approximate surface area is 110 Å². The third-order valence-corrected chi connectivity index (χ3v) is 3.61. The van der Waals surface area contributed by atoms with Crippen molar-refractivity contribution in [1.82, 2.24) is 20.4 Å². The number of aromatic amines is 1. The second-order valence-corrected chi connectivity index (χ2v) is 5.68. The molecular formula is C14H26N4.